The minimum Gasteiger partial charge on any atom is -0.450 e. The van der Waals surface area contributed by atoms with Crippen molar-refractivity contribution in [1.82, 2.24) is 35.2 Å². The molecule has 1 aromatic rings. The van der Waals surface area contributed by atoms with E-state index in [0.29, 0.717) is 31.5 Å². The number of amides is 4. The average Bonchev–Trinajstić information content (AvgIpc) is 3.86. The molecule has 4 aliphatic rings. The van der Waals surface area contributed by atoms with Crippen molar-refractivity contribution >= 4 is 33.8 Å². The number of nitrogens with one attached hydrogen (secondary N) is 3. The van der Waals surface area contributed by atoms with E-state index in [4.69, 9.17) is 9.47 Å². The van der Waals surface area contributed by atoms with Gasteiger partial charge in [-0.15, -0.1) is 11.7 Å². The van der Waals surface area contributed by atoms with Crippen molar-refractivity contribution < 1.29 is 37.1 Å². The number of sulfonamides is 1. The highest BCUT2D eigenvalue weighted by atomic mass is 32.2. The fourth-order valence-electron chi connectivity index (χ4n) is 5.72. The van der Waals surface area contributed by atoms with Crippen molar-refractivity contribution in [3.63, 3.8) is 0 Å². The van der Waals surface area contributed by atoms with Gasteiger partial charge in [-0.3, -0.25) is 23.8 Å². The van der Waals surface area contributed by atoms with E-state index in [0.717, 1.165) is 12.8 Å². The second-order valence-electron chi connectivity index (χ2n) is 12.4. The van der Waals surface area contributed by atoms with Crippen molar-refractivity contribution in [3.8, 4) is 0 Å². The van der Waals surface area contributed by atoms with Crippen molar-refractivity contribution in [3.05, 3.63) is 24.5 Å². The largest absolute Gasteiger partial charge is 0.450 e. The molecule has 0 aromatic carbocycles. The van der Waals surface area contributed by atoms with E-state index >= 15 is 0 Å². The Labute approximate surface area is 256 Å². The molecule has 0 radical (unpaired) electrons. The van der Waals surface area contributed by atoms with E-state index < -0.39 is 68.7 Å². The molecule has 1 saturated heterocycles. The molecule has 1 aromatic heterocycles. The summed E-state index contributed by atoms with van der Waals surface area (Å²) in [6, 6.07) is -2.04. The molecular weight excluding hydrogens is 594 g/mol. The van der Waals surface area contributed by atoms with Crippen molar-refractivity contribution in [2.45, 2.75) is 101 Å². The molecule has 16 heteroatoms. The van der Waals surface area contributed by atoms with Gasteiger partial charge in [-0.1, -0.05) is 25.1 Å². The fraction of sp³-hybridized carbons (Fsp3) is 0.714. The molecule has 15 nitrogen and oxygen atoms in total. The normalized spacial score (nSPS) is 30.0. The third kappa shape index (κ3) is 7.06. The number of carbonyl (C=O) groups is 4. The quantitative estimate of drug-likeness (QED) is 0.353. The fourth-order valence-corrected chi connectivity index (χ4v) is 7.09. The molecule has 0 spiro atoms. The first kappa shape index (κ1) is 31.9. The Hall–Kier alpha value is -3.53. The number of aromatic nitrogens is 3. The highest BCUT2D eigenvalue weighted by Crippen LogP contribution is 2.45. The number of carbonyl (C=O) groups excluding carboxylic acids is 4. The van der Waals surface area contributed by atoms with Gasteiger partial charge in [0.2, 0.25) is 21.8 Å². The summed E-state index contributed by atoms with van der Waals surface area (Å²) in [5, 5.41) is 13.1. The zero-order valence-corrected chi connectivity index (χ0v) is 25.9. The molecule has 0 unspecified atom stereocenters. The van der Waals surface area contributed by atoms with Gasteiger partial charge in [-0.25, -0.2) is 13.2 Å². The summed E-state index contributed by atoms with van der Waals surface area (Å²) >= 11 is 0. The van der Waals surface area contributed by atoms with Gasteiger partial charge in [0.15, 0.2) is 0 Å². The molecule has 5 atom stereocenters. The number of fused-ring (bicyclic) bond motifs is 4. The summed E-state index contributed by atoms with van der Waals surface area (Å²) in [5.41, 5.74) is -0.898. The van der Waals surface area contributed by atoms with Crippen LogP contribution in [0.1, 0.15) is 64.5 Å². The lowest BCUT2D eigenvalue weighted by Gasteiger charge is -2.31. The van der Waals surface area contributed by atoms with Crippen LogP contribution < -0.4 is 15.4 Å². The summed E-state index contributed by atoms with van der Waals surface area (Å²) in [5.74, 6) is -2.77. The molecule has 242 valence electrons. The van der Waals surface area contributed by atoms with Gasteiger partial charge in [0.05, 0.1) is 30.8 Å². The molecule has 3 heterocycles. The minimum atomic E-state index is -3.85. The number of hydrogen-bond donors (Lipinski definition) is 3. The van der Waals surface area contributed by atoms with Gasteiger partial charge in [-0.05, 0) is 44.4 Å². The Balaban J connectivity index is 1.37. The first-order chi connectivity index (χ1) is 20.9. The van der Waals surface area contributed by atoms with E-state index in [-0.39, 0.29) is 38.5 Å². The zero-order valence-electron chi connectivity index (χ0n) is 25.1. The summed E-state index contributed by atoms with van der Waals surface area (Å²) in [6.07, 6.45) is 5.48. The summed E-state index contributed by atoms with van der Waals surface area (Å²) < 4.78 is 40.3. The molecule has 3 fully saturated rings. The van der Waals surface area contributed by atoms with Crippen LogP contribution in [0.3, 0.4) is 0 Å². The van der Waals surface area contributed by atoms with Gasteiger partial charge < -0.3 is 25.0 Å². The lowest BCUT2D eigenvalue weighted by molar-refractivity contribution is -0.141. The Morgan fingerprint density at radius 2 is 2.00 bits per heavy atom. The molecule has 4 amide bonds. The van der Waals surface area contributed by atoms with E-state index in [9.17, 15) is 27.6 Å². The minimum absolute atomic E-state index is 0.0468. The molecule has 2 saturated carbocycles. The third-order valence-electron chi connectivity index (χ3n) is 8.62. The van der Waals surface area contributed by atoms with E-state index in [1.165, 1.54) is 11.0 Å². The number of nitrogens with zero attached hydrogens (tertiary/aromatic N) is 4. The van der Waals surface area contributed by atoms with Crippen molar-refractivity contribution in [2.24, 2.45) is 11.8 Å². The van der Waals surface area contributed by atoms with Crippen LogP contribution in [0.5, 0.6) is 0 Å². The van der Waals surface area contributed by atoms with E-state index in [1.54, 1.807) is 24.7 Å². The smallest absolute Gasteiger partial charge is 0.407 e. The maximum atomic E-state index is 13.9. The highest BCUT2D eigenvalue weighted by Gasteiger charge is 2.62. The van der Waals surface area contributed by atoms with Gasteiger partial charge in [0.25, 0.3) is 5.91 Å². The first-order valence-electron chi connectivity index (χ1n) is 15.2. The Kier molecular flexibility index (Phi) is 9.30. The Morgan fingerprint density at radius 1 is 1.23 bits per heavy atom. The molecule has 4 bridgehead atoms. The SMILES string of the molecule is C=C[C@H]1C[C@]1(NC(=O)[C@@H]1C[C@@H]2CN1C(=O)[C@H](C(C)C)NC(=O)OCCCCCn1cc(nn1)CO2)C(=O)NS(=O)(=O)C1CC1. The van der Waals surface area contributed by atoms with Gasteiger partial charge in [-0.2, -0.15) is 0 Å². The van der Waals surface area contributed by atoms with Crippen LogP contribution in [0.4, 0.5) is 4.79 Å². The standard InChI is InChI=1S/C28H41N7O8S/c1-4-18-13-28(18,26(38)32-44(40,41)21-8-9-21)30-24(36)22-12-20-15-35(22)25(37)23(17(2)3)29-27(39)42-11-7-5-6-10-34-14-19(16-43-20)31-33-34/h4,14,17-18,20-23H,1,5-13,15-16H2,2-3H3,(H,29,39)(H,30,36)(H,32,38)/t18-,20+,22-,23-,28+/m0/s1. The second-order valence-corrected chi connectivity index (χ2v) is 14.4. The van der Waals surface area contributed by atoms with Crippen LogP contribution in [0.25, 0.3) is 0 Å². The monoisotopic (exact) mass is 635 g/mol. The number of cyclic esters (lactones) is 1. The van der Waals surface area contributed by atoms with Crippen LogP contribution in [0, 0.1) is 11.8 Å². The van der Waals surface area contributed by atoms with Crippen LogP contribution in [0.2, 0.25) is 0 Å². The van der Waals surface area contributed by atoms with Gasteiger partial charge in [0, 0.05) is 25.4 Å². The number of alkyl carbamates (subject to hydrolysis) is 1. The van der Waals surface area contributed by atoms with Crippen molar-refractivity contribution in [1.29, 1.82) is 0 Å². The maximum absolute atomic E-state index is 13.9. The number of rotatable bonds is 7. The lowest BCUT2D eigenvalue weighted by atomic mass is 10.0. The summed E-state index contributed by atoms with van der Waals surface area (Å²) in [4.78, 5) is 55.0. The predicted molar refractivity (Wildman–Crippen MR) is 155 cm³/mol. The Morgan fingerprint density at radius 3 is 2.68 bits per heavy atom. The van der Waals surface area contributed by atoms with Crippen LogP contribution >= 0.6 is 0 Å². The predicted octanol–water partition coefficient (Wildman–Crippen LogP) is 0.368. The molecule has 44 heavy (non-hydrogen) atoms. The molecule has 2 aliphatic heterocycles. The van der Waals surface area contributed by atoms with Crippen LogP contribution in [0.15, 0.2) is 18.9 Å². The molecule has 2 aliphatic carbocycles. The maximum Gasteiger partial charge on any atom is 0.407 e. The van der Waals surface area contributed by atoms with E-state index in [2.05, 4.69) is 32.2 Å². The van der Waals surface area contributed by atoms with Gasteiger partial charge >= 0.3 is 6.09 Å². The third-order valence-corrected chi connectivity index (χ3v) is 10.4. The topological polar surface area (TPSA) is 191 Å². The molecule has 5 rings (SSSR count). The van der Waals surface area contributed by atoms with Crippen LogP contribution in [-0.2, 0) is 47.0 Å². The zero-order chi connectivity index (χ0) is 31.6. The van der Waals surface area contributed by atoms with Crippen LogP contribution in [-0.4, -0.2) is 94.3 Å². The number of ether oxygens (including phenoxy) is 2. The molecule has 3 N–H and O–H groups in total. The Bertz CT molecular complexity index is 1390. The highest BCUT2D eigenvalue weighted by molar-refractivity contribution is 7.91. The molecular formula is C28H41N7O8S. The average molecular weight is 636 g/mol. The van der Waals surface area contributed by atoms with E-state index in [1.807, 2.05) is 0 Å². The van der Waals surface area contributed by atoms with Gasteiger partial charge in [0.1, 0.15) is 23.3 Å². The number of aryl methyl sites for hydroxylation is 1. The lowest BCUT2D eigenvalue weighted by Crippen LogP contribution is -2.59. The number of hydrogen-bond acceptors (Lipinski definition) is 10. The van der Waals surface area contributed by atoms with Crippen molar-refractivity contribution in [2.75, 3.05) is 13.2 Å². The summed E-state index contributed by atoms with van der Waals surface area (Å²) in [7, 11) is -3.85. The second kappa shape index (κ2) is 12.8. The summed E-state index contributed by atoms with van der Waals surface area (Å²) in [6.45, 7) is 8.27. The first-order valence-corrected chi connectivity index (χ1v) is 16.7.